The van der Waals surface area contributed by atoms with E-state index in [2.05, 4.69) is 0 Å². The zero-order chi connectivity index (χ0) is 14.4. The van der Waals surface area contributed by atoms with Crippen molar-refractivity contribution in [3.63, 3.8) is 0 Å². The Hall–Kier alpha value is -1.76. The van der Waals surface area contributed by atoms with Crippen LogP contribution in [-0.4, -0.2) is 39.1 Å². The number of carbonyl (C=O) groups is 1. The Bertz CT molecular complexity index is 621. The maximum atomic E-state index is 11.0. The number of carboxylic acids is 1. The van der Waals surface area contributed by atoms with E-state index in [0.29, 0.717) is 0 Å². The normalized spacial score (nSPS) is 11.2. The average Bonchev–Trinajstić information content (AvgIpc) is 2.47. The molecule has 0 bridgehead atoms. The molecular formula is C16H14O3Te. The summed E-state index contributed by atoms with van der Waals surface area (Å²) in [5.74, 6) is -0.104. The van der Waals surface area contributed by atoms with Gasteiger partial charge in [-0.25, -0.2) is 0 Å². The average molecular weight is 382 g/mol. The maximum absolute atomic E-state index is 11.0. The molecule has 0 atom stereocenters. The van der Waals surface area contributed by atoms with Crippen LogP contribution in [0.25, 0.3) is 3.62 Å². The molecule has 3 nitrogen and oxygen atoms in total. The van der Waals surface area contributed by atoms with Gasteiger partial charge in [0.2, 0.25) is 0 Å². The van der Waals surface area contributed by atoms with Crippen molar-refractivity contribution in [3.05, 3.63) is 66.2 Å². The zero-order valence-electron chi connectivity index (χ0n) is 10.9. The summed E-state index contributed by atoms with van der Waals surface area (Å²) in [5, 5.41) is 9.04. The molecule has 0 aliphatic rings. The van der Waals surface area contributed by atoms with Crippen LogP contribution < -0.4 is 8.35 Å². The van der Waals surface area contributed by atoms with Gasteiger partial charge in [0.15, 0.2) is 0 Å². The third-order valence-electron chi connectivity index (χ3n) is 2.58. The molecule has 2 rings (SSSR count). The van der Waals surface area contributed by atoms with E-state index < -0.39 is 26.9 Å². The third kappa shape index (κ3) is 4.12. The summed E-state index contributed by atoms with van der Waals surface area (Å²) in [5.41, 5.74) is 0.972. The topological polar surface area (TPSA) is 46.5 Å². The molecule has 0 aliphatic heterocycles. The summed E-state index contributed by atoms with van der Waals surface area (Å²) >= 11 is -0.778. The number of methoxy groups -OCH3 is 1. The Morgan fingerprint density at radius 1 is 1.15 bits per heavy atom. The number of rotatable bonds is 5. The van der Waals surface area contributed by atoms with Crippen molar-refractivity contribution in [3.8, 4) is 5.75 Å². The summed E-state index contributed by atoms with van der Waals surface area (Å²) in [7, 11) is 1.63. The summed E-state index contributed by atoms with van der Waals surface area (Å²) in [6.45, 7) is 0. The van der Waals surface area contributed by atoms with E-state index in [4.69, 9.17) is 9.84 Å². The van der Waals surface area contributed by atoms with Gasteiger partial charge in [-0.1, -0.05) is 0 Å². The molecule has 0 unspecified atom stereocenters. The van der Waals surface area contributed by atoms with Gasteiger partial charge in [-0.15, -0.1) is 0 Å². The van der Waals surface area contributed by atoms with Crippen molar-refractivity contribution in [2.45, 2.75) is 0 Å². The van der Waals surface area contributed by atoms with Gasteiger partial charge in [0, 0.05) is 0 Å². The second kappa shape index (κ2) is 7.14. The van der Waals surface area contributed by atoms with Gasteiger partial charge >= 0.3 is 128 Å². The van der Waals surface area contributed by atoms with E-state index in [1.54, 1.807) is 7.11 Å². The van der Waals surface area contributed by atoms with Crippen LogP contribution in [0, 0.1) is 0 Å². The summed E-state index contributed by atoms with van der Waals surface area (Å²) in [6.07, 6.45) is 1.32. The SMILES string of the molecule is COc1cccc([Te]C(=CC(=O)O)c2ccccc2)c1. The van der Waals surface area contributed by atoms with E-state index in [1.807, 2.05) is 54.6 Å². The molecule has 0 heterocycles. The molecule has 0 aromatic heterocycles. The van der Waals surface area contributed by atoms with Crippen molar-refractivity contribution in [2.24, 2.45) is 0 Å². The van der Waals surface area contributed by atoms with E-state index in [9.17, 15) is 4.79 Å². The Labute approximate surface area is 128 Å². The van der Waals surface area contributed by atoms with Crippen LogP contribution >= 0.6 is 0 Å². The first-order valence-electron chi connectivity index (χ1n) is 6.01. The minimum atomic E-state index is -0.906. The van der Waals surface area contributed by atoms with E-state index in [1.165, 1.54) is 6.08 Å². The molecule has 0 spiro atoms. The molecule has 0 amide bonds. The molecule has 0 saturated heterocycles. The molecule has 102 valence electrons. The standard InChI is InChI=1S/C16H14O3Te/c1-19-13-8-5-9-14(10-13)20-15(11-16(17)18)12-6-3-2-4-7-12/h2-11H,1H3,(H,17,18). The predicted octanol–water partition coefficient (Wildman–Crippen LogP) is 2.15. The fourth-order valence-electron chi connectivity index (χ4n) is 1.68. The Morgan fingerprint density at radius 3 is 2.55 bits per heavy atom. The van der Waals surface area contributed by atoms with Crippen LogP contribution in [0.3, 0.4) is 0 Å². The summed E-state index contributed by atoms with van der Waals surface area (Å²) < 4.78 is 7.25. The van der Waals surface area contributed by atoms with E-state index >= 15 is 0 Å². The Morgan fingerprint density at radius 2 is 1.90 bits per heavy atom. The Balaban J connectivity index is 2.31. The number of hydrogen-bond donors (Lipinski definition) is 1. The number of carboxylic acid groups (broad SMARTS) is 1. The second-order valence-electron chi connectivity index (χ2n) is 3.99. The monoisotopic (exact) mass is 384 g/mol. The Kier molecular flexibility index (Phi) is 5.23. The third-order valence-corrected chi connectivity index (χ3v) is 5.62. The van der Waals surface area contributed by atoms with Gasteiger partial charge in [0.05, 0.1) is 0 Å². The van der Waals surface area contributed by atoms with Crippen LogP contribution in [0.2, 0.25) is 0 Å². The molecule has 0 fully saturated rings. The molecular weight excluding hydrogens is 368 g/mol. The molecule has 20 heavy (non-hydrogen) atoms. The fourth-order valence-corrected chi connectivity index (χ4v) is 4.50. The van der Waals surface area contributed by atoms with Gasteiger partial charge in [-0.05, 0) is 0 Å². The first kappa shape index (κ1) is 14.6. The predicted molar refractivity (Wildman–Crippen MR) is 80.4 cm³/mol. The van der Waals surface area contributed by atoms with Gasteiger partial charge in [-0.3, -0.25) is 0 Å². The van der Waals surface area contributed by atoms with Crippen molar-refractivity contribution in [1.29, 1.82) is 0 Å². The zero-order valence-corrected chi connectivity index (χ0v) is 13.3. The van der Waals surface area contributed by atoms with Crippen molar-refractivity contribution in [2.75, 3.05) is 7.11 Å². The first-order chi connectivity index (χ1) is 9.69. The van der Waals surface area contributed by atoms with E-state index in [0.717, 1.165) is 18.5 Å². The van der Waals surface area contributed by atoms with Crippen molar-refractivity contribution >= 4 is 34.1 Å². The molecule has 4 heteroatoms. The fraction of sp³-hybridized carbons (Fsp3) is 0.0625. The van der Waals surface area contributed by atoms with Crippen molar-refractivity contribution in [1.82, 2.24) is 0 Å². The number of ether oxygens (including phenoxy) is 1. The van der Waals surface area contributed by atoms with E-state index in [-0.39, 0.29) is 0 Å². The molecule has 2 aromatic rings. The molecule has 0 saturated carbocycles. The first-order valence-corrected chi connectivity index (χ1v) is 8.34. The van der Waals surface area contributed by atoms with Crippen LogP contribution in [0.15, 0.2) is 60.7 Å². The van der Waals surface area contributed by atoms with Crippen LogP contribution in [0.1, 0.15) is 5.56 Å². The second-order valence-corrected chi connectivity index (χ2v) is 7.18. The quantitative estimate of drug-likeness (QED) is 0.637. The van der Waals surface area contributed by atoms with Crippen LogP contribution in [-0.2, 0) is 4.79 Å². The van der Waals surface area contributed by atoms with Gasteiger partial charge in [-0.2, -0.15) is 0 Å². The number of hydrogen-bond acceptors (Lipinski definition) is 2. The van der Waals surface area contributed by atoms with Gasteiger partial charge in [0.1, 0.15) is 0 Å². The molecule has 0 radical (unpaired) electrons. The van der Waals surface area contributed by atoms with Gasteiger partial charge in [0.25, 0.3) is 0 Å². The van der Waals surface area contributed by atoms with Crippen molar-refractivity contribution < 1.29 is 14.6 Å². The van der Waals surface area contributed by atoms with Crippen LogP contribution in [0.5, 0.6) is 5.75 Å². The minimum absolute atomic E-state index is 0.778. The number of aliphatic carboxylic acids is 1. The molecule has 1 N–H and O–H groups in total. The van der Waals surface area contributed by atoms with Gasteiger partial charge < -0.3 is 0 Å². The molecule has 0 aliphatic carbocycles. The number of benzene rings is 2. The summed E-state index contributed by atoms with van der Waals surface area (Å²) in [6, 6.07) is 17.5. The van der Waals surface area contributed by atoms with Crippen LogP contribution in [0.4, 0.5) is 0 Å². The summed E-state index contributed by atoms with van der Waals surface area (Å²) in [4.78, 5) is 11.0. The molecule has 2 aromatic carbocycles.